The standard InChI is InChI=1S/C21H27N5O2/c1-3-4-11-22-21-23-12-17-16-10-5-13(2)24-18(16)20(28)26(19(17)25-21)14-6-8-15(27)9-7-14/h5,10,12,14-15,27H,3-4,6-9,11H2,1-2H3,(H,22,23,25). The number of hydrogen-bond acceptors (Lipinski definition) is 6. The summed E-state index contributed by atoms with van der Waals surface area (Å²) in [5.74, 6) is 0.546. The number of aryl methyl sites for hydroxylation is 1. The second-order valence-corrected chi connectivity index (χ2v) is 7.70. The predicted molar refractivity (Wildman–Crippen MR) is 111 cm³/mol. The van der Waals surface area contributed by atoms with E-state index in [2.05, 4.69) is 22.2 Å². The topological polar surface area (TPSA) is 92.9 Å². The van der Waals surface area contributed by atoms with Gasteiger partial charge in [0, 0.05) is 35.2 Å². The van der Waals surface area contributed by atoms with Crippen molar-refractivity contribution in [3.8, 4) is 0 Å². The van der Waals surface area contributed by atoms with Crippen molar-refractivity contribution in [3.05, 3.63) is 34.4 Å². The van der Waals surface area contributed by atoms with E-state index < -0.39 is 0 Å². The maximum absolute atomic E-state index is 13.4. The zero-order valence-corrected chi connectivity index (χ0v) is 16.5. The van der Waals surface area contributed by atoms with Crippen LogP contribution in [0.25, 0.3) is 21.9 Å². The minimum atomic E-state index is -0.278. The van der Waals surface area contributed by atoms with Gasteiger partial charge in [0.1, 0.15) is 11.2 Å². The molecule has 1 aliphatic carbocycles. The van der Waals surface area contributed by atoms with E-state index in [1.54, 1.807) is 10.8 Å². The van der Waals surface area contributed by atoms with E-state index in [0.29, 0.717) is 30.0 Å². The SMILES string of the molecule is CCCCNc1ncc2c3ccc(C)nc3c(=O)n(C3CCC(O)CC3)c2n1. The van der Waals surface area contributed by atoms with E-state index in [0.717, 1.165) is 48.7 Å². The molecule has 1 saturated carbocycles. The highest BCUT2D eigenvalue weighted by molar-refractivity contribution is 6.02. The Hall–Kier alpha value is -2.54. The molecule has 7 heteroatoms. The number of aromatic nitrogens is 4. The van der Waals surface area contributed by atoms with Crippen molar-refractivity contribution in [2.75, 3.05) is 11.9 Å². The van der Waals surface area contributed by atoms with E-state index in [1.165, 1.54) is 0 Å². The summed E-state index contributed by atoms with van der Waals surface area (Å²) < 4.78 is 1.79. The molecule has 3 aromatic rings. The van der Waals surface area contributed by atoms with Crippen LogP contribution in [0, 0.1) is 6.92 Å². The van der Waals surface area contributed by atoms with Crippen LogP contribution in [-0.4, -0.2) is 37.3 Å². The second kappa shape index (κ2) is 7.83. The summed E-state index contributed by atoms with van der Waals surface area (Å²) in [4.78, 5) is 27.1. The second-order valence-electron chi connectivity index (χ2n) is 7.70. The van der Waals surface area contributed by atoms with Crippen LogP contribution in [0.5, 0.6) is 0 Å². The van der Waals surface area contributed by atoms with Crippen molar-refractivity contribution in [1.29, 1.82) is 0 Å². The minimum absolute atomic E-state index is 0.0171. The van der Waals surface area contributed by atoms with Crippen LogP contribution in [0.15, 0.2) is 23.1 Å². The first kappa shape index (κ1) is 18.8. The van der Waals surface area contributed by atoms with Crippen LogP contribution in [0.1, 0.15) is 57.2 Å². The summed E-state index contributed by atoms with van der Waals surface area (Å²) in [5.41, 5.74) is 1.83. The fourth-order valence-corrected chi connectivity index (χ4v) is 4.01. The smallest absolute Gasteiger partial charge is 0.278 e. The van der Waals surface area contributed by atoms with Crippen LogP contribution >= 0.6 is 0 Å². The first-order valence-electron chi connectivity index (χ1n) is 10.2. The van der Waals surface area contributed by atoms with Gasteiger partial charge in [-0.05, 0) is 45.1 Å². The third-order valence-electron chi connectivity index (χ3n) is 5.59. The van der Waals surface area contributed by atoms with Crippen molar-refractivity contribution in [3.63, 3.8) is 0 Å². The predicted octanol–water partition coefficient (Wildman–Crippen LogP) is 3.34. The van der Waals surface area contributed by atoms with Gasteiger partial charge in [-0.3, -0.25) is 9.36 Å². The summed E-state index contributed by atoms with van der Waals surface area (Å²) in [6.07, 6.45) is 6.56. The summed E-state index contributed by atoms with van der Waals surface area (Å²) in [6, 6.07) is 3.86. The zero-order valence-electron chi connectivity index (χ0n) is 16.5. The molecule has 0 atom stereocenters. The fraction of sp³-hybridized carbons (Fsp3) is 0.524. The molecule has 0 aliphatic heterocycles. The molecule has 0 amide bonds. The van der Waals surface area contributed by atoms with Gasteiger partial charge in [-0.1, -0.05) is 19.4 Å². The van der Waals surface area contributed by atoms with Gasteiger partial charge in [-0.2, -0.15) is 4.98 Å². The lowest BCUT2D eigenvalue weighted by molar-refractivity contribution is 0.111. The molecule has 0 saturated heterocycles. The Kier molecular flexibility index (Phi) is 5.26. The number of pyridine rings is 2. The Balaban J connectivity index is 1.92. The van der Waals surface area contributed by atoms with Gasteiger partial charge in [0.05, 0.1) is 6.10 Å². The average molecular weight is 381 g/mol. The number of nitrogens with zero attached hydrogens (tertiary/aromatic N) is 4. The first-order valence-corrected chi connectivity index (χ1v) is 10.2. The number of rotatable bonds is 5. The van der Waals surface area contributed by atoms with Crippen LogP contribution in [0.3, 0.4) is 0 Å². The highest BCUT2D eigenvalue weighted by Gasteiger charge is 2.25. The lowest BCUT2D eigenvalue weighted by atomic mass is 9.92. The van der Waals surface area contributed by atoms with Gasteiger partial charge in [-0.15, -0.1) is 0 Å². The summed E-state index contributed by atoms with van der Waals surface area (Å²) >= 11 is 0. The van der Waals surface area contributed by atoms with Crippen molar-refractivity contribution in [2.45, 2.75) is 64.5 Å². The fourth-order valence-electron chi connectivity index (χ4n) is 4.01. The third kappa shape index (κ3) is 3.46. The molecule has 28 heavy (non-hydrogen) atoms. The quantitative estimate of drug-likeness (QED) is 0.520. The maximum atomic E-state index is 13.4. The zero-order chi connectivity index (χ0) is 19.7. The molecule has 0 unspecified atom stereocenters. The number of nitrogens with one attached hydrogen (secondary N) is 1. The van der Waals surface area contributed by atoms with Crippen molar-refractivity contribution < 1.29 is 5.11 Å². The minimum Gasteiger partial charge on any atom is -0.393 e. The highest BCUT2D eigenvalue weighted by atomic mass is 16.3. The molecular weight excluding hydrogens is 354 g/mol. The number of aliphatic hydroxyl groups is 1. The normalized spacial score (nSPS) is 20.0. The summed E-state index contributed by atoms with van der Waals surface area (Å²) in [7, 11) is 0. The van der Waals surface area contributed by atoms with E-state index in [-0.39, 0.29) is 17.7 Å². The van der Waals surface area contributed by atoms with Gasteiger partial charge < -0.3 is 10.4 Å². The molecular formula is C21H27N5O2. The molecule has 0 bridgehead atoms. The van der Waals surface area contributed by atoms with Crippen LogP contribution in [0.4, 0.5) is 5.95 Å². The Bertz CT molecular complexity index is 1050. The van der Waals surface area contributed by atoms with Crippen LogP contribution in [-0.2, 0) is 0 Å². The Morgan fingerprint density at radius 1 is 1.18 bits per heavy atom. The van der Waals surface area contributed by atoms with Gasteiger partial charge in [0.15, 0.2) is 0 Å². The number of aliphatic hydroxyl groups excluding tert-OH is 1. The Morgan fingerprint density at radius 2 is 1.96 bits per heavy atom. The summed E-state index contributed by atoms with van der Waals surface area (Å²) in [5, 5.41) is 14.8. The van der Waals surface area contributed by atoms with Gasteiger partial charge in [0.2, 0.25) is 5.95 Å². The molecule has 1 fully saturated rings. The molecule has 0 radical (unpaired) electrons. The van der Waals surface area contributed by atoms with Crippen LogP contribution in [0.2, 0.25) is 0 Å². The third-order valence-corrected chi connectivity index (χ3v) is 5.59. The van der Waals surface area contributed by atoms with Crippen molar-refractivity contribution in [1.82, 2.24) is 19.5 Å². The summed E-state index contributed by atoms with van der Waals surface area (Å²) in [6.45, 7) is 4.83. The first-order chi connectivity index (χ1) is 13.6. The number of unbranched alkanes of at least 4 members (excludes halogenated alkanes) is 1. The van der Waals surface area contributed by atoms with Gasteiger partial charge >= 0.3 is 0 Å². The highest BCUT2D eigenvalue weighted by Crippen LogP contribution is 2.31. The Morgan fingerprint density at radius 3 is 2.71 bits per heavy atom. The van der Waals surface area contributed by atoms with E-state index >= 15 is 0 Å². The lowest BCUT2D eigenvalue weighted by Gasteiger charge is -2.28. The van der Waals surface area contributed by atoms with E-state index in [9.17, 15) is 9.90 Å². The largest absolute Gasteiger partial charge is 0.393 e. The lowest BCUT2D eigenvalue weighted by Crippen LogP contribution is -2.31. The number of fused-ring (bicyclic) bond motifs is 3. The maximum Gasteiger partial charge on any atom is 0.278 e. The molecule has 2 N–H and O–H groups in total. The monoisotopic (exact) mass is 381 g/mol. The molecule has 0 aromatic carbocycles. The molecule has 4 rings (SSSR count). The molecule has 1 aliphatic rings. The number of anilines is 1. The van der Waals surface area contributed by atoms with Gasteiger partial charge in [0.25, 0.3) is 5.56 Å². The molecule has 3 aromatic heterocycles. The molecule has 0 spiro atoms. The molecule has 7 nitrogen and oxygen atoms in total. The molecule has 3 heterocycles. The Labute approximate surface area is 163 Å². The van der Waals surface area contributed by atoms with Gasteiger partial charge in [-0.25, -0.2) is 9.97 Å². The van der Waals surface area contributed by atoms with E-state index in [4.69, 9.17) is 4.98 Å². The average Bonchev–Trinajstić information content (AvgIpc) is 2.70. The van der Waals surface area contributed by atoms with Crippen molar-refractivity contribution >= 4 is 27.9 Å². The molecule has 148 valence electrons. The number of hydrogen-bond donors (Lipinski definition) is 2. The van der Waals surface area contributed by atoms with E-state index in [1.807, 2.05) is 19.1 Å². The van der Waals surface area contributed by atoms with Crippen LogP contribution < -0.4 is 10.9 Å². The van der Waals surface area contributed by atoms with Crippen molar-refractivity contribution in [2.24, 2.45) is 0 Å².